The van der Waals surface area contributed by atoms with Crippen molar-refractivity contribution in [3.8, 4) is 0 Å². The minimum Gasteiger partial charge on any atom is -0.340 e. The predicted molar refractivity (Wildman–Crippen MR) is 49.2 cm³/mol. The normalized spacial score (nSPS) is 19.2. The van der Waals surface area contributed by atoms with E-state index in [4.69, 9.17) is 0 Å². The monoisotopic (exact) mass is 206 g/mol. The number of hydrogen-bond donors (Lipinski definition) is 1. The van der Waals surface area contributed by atoms with Crippen LogP contribution >= 0.6 is 0 Å². The van der Waals surface area contributed by atoms with E-state index in [2.05, 4.69) is 5.32 Å². The van der Waals surface area contributed by atoms with E-state index in [9.17, 15) is 13.6 Å². The molecule has 0 spiro atoms. The van der Waals surface area contributed by atoms with Gasteiger partial charge in [0.05, 0.1) is 6.54 Å². The Morgan fingerprint density at radius 3 is 2.50 bits per heavy atom. The quantitative estimate of drug-likeness (QED) is 0.729. The Balaban J connectivity index is 2.38. The lowest BCUT2D eigenvalue weighted by atomic mass is 9.88. The summed E-state index contributed by atoms with van der Waals surface area (Å²) in [6.07, 6.45) is -2.45. The van der Waals surface area contributed by atoms with Gasteiger partial charge in [-0.2, -0.15) is 0 Å². The van der Waals surface area contributed by atoms with E-state index in [0.29, 0.717) is 5.92 Å². The molecule has 0 aromatic carbocycles. The molecule has 0 bridgehead atoms. The molecule has 0 aromatic heterocycles. The molecular formula is C9H16F2N2O. The second-order valence-corrected chi connectivity index (χ2v) is 3.82. The Morgan fingerprint density at radius 1 is 1.57 bits per heavy atom. The maximum absolute atomic E-state index is 12.0. The van der Waals surface area contributed by atoms with Gasteiger partial charge in [-0.1, -0.05) is 6.92 Å². The van der Waals surface area contributed by atoms with Crippen molar-refractivity contribution < 1.29 is 13.6 Å². The first-order valence-corrected chi connectivity index (χ1v) is 4.76. The van der Waals surface area contributed by atoms with Crippen LogP contribution in [0.4, 0.5) is 8.78 Å². The smallest absolute Gasteiger partial charge is 0.255 e. The first-order chi connectivity index (χ1) is 6.52. The van der Waals surface area contributed by atoms with Gasteiger partial charge in [0.1, 0.15) is 0 Å². The number of amides is 1. The van der Waals surface area contributed by atoms with Crippen molar-refractivity contribution in [1.82, 2.24) is 10.2 Å². The lowest BCUT2D eigenvalue weighted by molar-refractivity contribution is -0.137. The van der Waals surface area contributed by atoms with Gasteiger partial charge in [-0.3, -0.25) is 4.79 Å². The topological polar surface area (TPSA) is 32.3 Å². The number of hydrogen-bond acceptors (Lipinski definition) is 2. The first-order valence-electron chi connectivity index (χ1n) is 4.76. The molecule has 1 heterocycles. The second kappa shape index (κ2) is 4.68. The third kappa shape index (κ3) is 2.64. The minimum atomic E-state index is -2.45. The largest absolute Gasteiger partial charge is 0.340 e. The molecule has 14 heavy (non-hydrogen) atoms. The Hall–Kier alpha value is -0.710. The highest BCUT2D eigenvalue weighted by Gasteiger charge is 2.30. The molecule has 1 atom stereocenters. The summed E-state index contributed by atoms with van der Waals surface area (Å²) in [5, 5.41) is 3.06. The summed E-state index contributed by atoms with van der Waals surface area (Å²) >= 11 is 0. The number of carbonyl (C=O) groups is 1. The molecule has 1 unspecified atom stereocenters. The number of rotatable bonds is 4. The molecule has 3 nitrogen and oxygen atoms in total. The van der Waals surface area contributed by atoms with Gasteiger partial charge in [-0.25, -0.2) is 8.78 Å². The minimum absolute atomic E-state index is 0.153. The number of halogens is 2. The molecule has 1 aliphatic heterocycles. The van der Waals surface area contributed by atoms with Gasteiger partial charge >= 0.3 is 0 Å². The summed E-state index contributed by atoms with van der Waals surface area (Å²) in [5.74, 6) is -0.0283. The standard InChI is InChI=1S/C9H16F2N2O/c1-6(7-3-12-4-7)9(14)13(2)5-8(10)11/h6-8,12H,3-5H2,1-2H3. The van der Waals surface area contributed by atoms with Gasteiger partial charge < -0.3 is 10.2 Å². The summed E-state index contributed by atoms with van der Waals surface area (Å²) in [4.78, 5) is 12.7. The van der Waals surface area contributed by atoms with Crippen LogP contribution in [0.15, 0.2) is 0 Å². The maximum atomic E-state index is 12.0. The molecule has 0 aliphatic carbocycles. The molecular weight excluding hydrogens is 190 g/mol. The lowest BCUT2D eigenvalue weighted by Crippen LogP contribution is -2.50. The highest BCUT2D eigenvalue weighted by Crippen LogP contribution is 2.18. The number of carbonyl (C=O) groups excluding carboxylic acids is 1. The molecule has 0 aromatic rings. The van der Waals surface area contributed by atoms with Crippen LogP contribution in [0.5, 0.6) is 0 Å². The zero-order chi connectivity index (χ0) is 10.7. The summed E-state index contributed by atoms with van der Waals surface area (Å²) in [6, 6.07) is 0. The number of alkyl halides is 2. The summed E-state index contributed by atoms with van der Waals surface area (Å²) in [6.45, 7) is 2.96. The average molecular weight is 206 g/mol. The Kier molecular flexibility index (Phi) is 3.80. The van der Waals surface area contributed by atoms with Crippen molar-refractivity contribution >= 4 is 5.91 Å². The SMILES string of the molecule is CC(C(=O)N(C)CC(F)F)C1CNC1. The van der Waals surface area contributed by atoms with Crippen LogP contribution < -0.4 is 5.32 Å². The van der Waals surface area contributed by atoms with E-state index in [-0.39, 0.29) is 11.8 Å². The van der Waals surface area contributed by atoms with Crippen molar-refractivity contribution in [1.29, 1.82) is 0 Å². The molecule has 1 saturated heterocycles. The average Bonchev–Trinajstić information content (AvgIpc) is 1.98. The van der Waals surface area contributed by atoms with E-state index < -0.39 is 13.0 Å². The van der Waals surface area contributed by atoms with Gasteiger partial charge in [-0.15, -0.1) is 0 Å². The highest BCUT2D eigenvalue weighted by molar-refractivity contribution is 5.78. The van der Waals surface area contributed by atoms with Crippen molar-refractivity contribution in [2.45, 2.75) is 13.3 Å². The zero-order valence-corrected chi connectivity index (χ0v) is 8.46. The summed E-state index contributed by atoms with van der Waals surface area (Å²) in [5.41, 5.74) is 0. The second-order valence-electron chi connectivity index (χ2n) is 3.82. The van der Waals surface area contributed by atoms with Crippen LogP contribution in [0.25, 0.3) is 0 Å². The highest BCUT2D eigenvalue weighted by atomic mass is 19.3. The predicted octanol–water partition coefficient (Wildman–Crippen LogP) is 0.565. The fourth-order valence-electron chi connectivity index (χ4n) is 1.51. The fourth-order valence-corrected chi connectivity index (χ4v) is 1.51. The first kappa shape index (κ1) is 11.4. The van der Waals surface area contributed by atoms with Crippen molar-refractivity contribution in [3.05, 3.63) is 0 Å². The van der Waals surface area contributed by atoms with E-state index >= 15 is 0 Å². The molecule has 0 saturated carbocycles. The van der Waals surface area contributed by atoms with E-state index in [1.807, 2.05) is 0 Å². The van der Waals surface area contributed by atoms with E-state index in [0.717, 1.165) is 18.0 Å². The summed E-state index contributed by atoms with van der Waals surface area (Å²) in [7, 11) is 1.43. The van der Waals surface area contributed by atoms with E-state index in [1.165, 1.54) is 7.05 Å². The molecule has 1 aliphatic rings. The molecule has 5 heteroatoms. The van der Waals surface area contributed by atoms with Crippen LogP contribution in [0.2, 0.25) is 0 Å². The van der Waals surface area contributed by atoms with Crippen LogP contribution in [-0.2, 0) is 4.79 Å². The van der Waals surface area contributed by atoms with Crippen LogP contribution in [0.1, 0.15) is 6.92 Å². The molecule has 1 amide bonds. The molecule has 1 rings (SSSR count). The summed E-state index contributed by atoms with van der Waals surface area (Å²) < 4.78 is 24.0. The third-order valence-electron chi connectivity index (χ3n) is 2.70. The Bertz CT molecular complexity index is 207. The van der Waals surface area contributed by atoms with Crippen LogP contribution in [0, 0.1) is 11.8 Å². The van der Waals surface area contributed by atoms with Crippen molar-refractivity contribution in [2.75, 3.05) is 26.7 Å². The van der Waals surface area contributed by atoms with Crippen LogP contribution in [0.3, 0.4) is 0 Å². The van der Waals surface area contributed by atoms with Crippen LogP contribution in [-0.4, -0.2) is 43.9 Å². The van der Waals surface area contributed by atoms with Gasteiger partial charge in [0.15, 0.2) is 0 Å². The molecule has 82 valence electrons. The van der Waals surface area contributed by atoms with Gasteiger partial charge in [0.2, 0.25) is 5.91 Å². The lowest BCUT2D eigenvalue weighted by Gasteiger charge is -2.33. The van der Waals surface area contributed by atoms with Gasteiger partial charge in [-0.05, 0) is 19.0 Å². The number of nitrogens with one attached hydrogen (secondary N) is 1. The zero-order valence-electron chi connectivity index (χ0n) is 8.46. The Labute approximate surface area is 82.5 Å². The van der Waals surface area contributed by atoms with Crippen molar-refractivity contribution in [3.63, 3.8) is 0 Å². The van der Waals surface area contributed by atoms with Gasteiger partial charge in [0, 0.05) is 13.0 Å². The van der Waals surface area contributed by atoms with Crippen molar-refractivity contribution in [2.24, 2.45) is 11.8 Å². The number of nitrogens with zero attached hydrogens (tertiary/aromatic N) is 1. The van der Waals surface area contributed by atoms with Gasteiger partial charge in [0.25, 0.3) is 6.43 Å². The molecule has 1 fully saturated rings. The third-order valence-corrected chi connectivity index (χ3v) is 2.70. The molecule has 1 N–H and O–H groups in total. The molecule has 0 radical (unpaired) electrons. The maximum Gasteiger partial charge on any atom is 0.255 e. The van der Waals surface area contributed by atoms with E-state index in [1.54, 1.807) is 6.92 Å². The fraction of sp³-hybridized carbons (Fsp3) is 0.889. The Morgan fingerprint density at radius 2 is 2.14 bits per heavy atom.